The number of carbonyl (C=O) groups excluding carboxylic acids is 1. The molecule has 0 unspecified atom stereocenters. The van der Waals surface area contributed by atoms with Crippen molar-refractivity contribution in [2.45, 2.75) is 25.1 Å². The molecule has 0 aliphatic rings. The fraction of sp³-hybridized carbons (Fsp3) is 0.217. The van der Waals surface area contributed by atoms with E-state index in [0.717, 1.165) is 22.2 Å². The van der Waals surface area contributed by atoms with Crippen LogP contribution in [0.5, 0.6) is 0 Å². The zero-order chi connectivity index (χ0) is 23.2. The van der Waals surface area contributed by atoms with E-state index in [2.05, 4.69) is 27.1 Å². The number of rotatable bonds is 8. The number of nitrogens with zero attached hydrogens (tertiary/aromatic N) is 6. The van der Waals surface area contributed by atoms with Gasteiger partial charge in [0.25, 0.3) is 0 Å². The van der Waals surface area contributed by atoms with Crippen LogP contribution >= 0.6 is 11.8 Å². The Morgan fingerprint density at radius 2 is 1.94 bits per heavy atom. The quantitative estimate of drug-likeness (QED) is 0.136. The van der Waals surface area contributed by atoms with Crippen molar-refractivity contribution >= 4 is 29.2 Å². The number of amides is 1. The minimum Gasteiger partial charge on any atom is -0.388 e. The number of fused-ring (bicyclic) bond motifs is 1. The molecule has 0 saturated heterocycles. The summed E-state index contributed by atoms with van der Waals surface area (Å²) in [4.78, 5) is 15.0. The zero-order valence-corrected chi connectivity index (χ0v) is 18.7. The van der Waals surface area contributed by atoms with Crippen molar-refractivity contribution in [1.82, 2.24) is 29.6 Å². The topological polar surface area (TPSA) is 109 Å². The van der Waals surface area contributed by atoms with Gasteiger partial charge in [0, 0.05) is 30.1 Å². The van der Waals surface area contributed by atoms with Crippen LogP contribution in [0.1, 0.15) is 22.5 Å². The van der Waals surface area contributed by atoms with Gasteiger partial charge in [-0.05, 0) is 42.2 Å². The third-order valence-electron chi connectivity index (χ3n) is 5.12. The third-order valence-corrected chi connectivity index (χ3v) is 6.03. The first kappa shape index (κ1) is 22.5. The molecule has 33 heavy (non-hydrogen) atoms. The highest BCUT2D eigenvalue weighted by molar-refractivity contribution is 7.99. The summed E-state index contributed by atoms with van der Waals surface area (Å²) in [6.45, 7) is 0.850. The molecule has 10 heteroatoms. The average molecular weight is 463 g/mol. The summed E-state index contributed by atoms with van der Waals surface area (Å²) in [5, 5.41) is 27.5. The van der Waals surface area contributed by atoms with Crippen molar-refractivity contribution in [3.63, 3.8) is 0 Å². The zero-order valence-electron chi connectivity index (χ0n) is 17.9. The second-order valence-electron chi connectivity index (χ2n) is 7.23. The summed E-state index contributed by atoms with van der Waals surface area (Å²) in [6.07, 6.45) is 5.70. The molecule has 0 radical (unpaired) electrons. The number of hydroxylamine groups is 2. The Morgan fingerprint density at radius 1 is 1.18 bits per heavy atom. The van der Waals surface area contributed by atoms with E-state index >= 15 is 0 Å². The predicted molar refractivity (Wildman–Crippen MR) is 124 cm³/mol. The predicted octanol–water partition coefficient (Wildman–Crippen LogP) is 2.10. The highest BCUT2D eigenvalue weighted by atomic mass is 32.2. The second-order valence-corrected chi connectivity index (χ2v) is 8.24. The summed E-state index contributed by atoms with van der Waals surface area (Å²) < 4.78 is 3.56. The van der Waals surface area contributed by atoms with E-state index in [1.165, 1.54) is 11.8 Å². The SMILES string of the molecule is CS[C@H](Cn1nnc2cc(C#Cc3ccc(Cn4ccnc4CO)cc3)ccc21)N(O)C=O. The number of aliphatic hydroxyl groups is 1. The van der Waals surface area contributed by atoms with Gasteiger partial charge in [-0.2, -0.15) is 0 Å². The first-order valence-corrected chi connectivity index (χ1v) is 11.4. The van der Waals surface area contributed by atoms with Gasteiger partial charge in [-0.15, -0.1) is 16.9 Å². The number of imidazole rings is 1. The summed E-state index contributed by atoms with van der Waals surface area (Å²) in [7, 11) is 0. The molecule has 4 rings (SSSR count). The van der Waals surface area contributed by atoms with Gasteiger partial charge in [0.05, 0.1) is 12.1 Å². The van der Waals surface area contributed by atoms with Gasteiger partial charge in [0.1, 0.15) is 23.3 Å². The lowest BCUT2D eigenvalue weighted by molar-refractivity contribution is -0.153. The minimum absolute atomic E-state index is 0.0918. The Kier molecular flexibility index (Phi) is 7.04. The molecule has 1 atom stereocenters. The van der Waals surface area contributed by atoms with Gasteiger partial charge in [-0.1, -0.05) is 29.2 Å². The Labute approximate surface area is 194 Å². The molecule has 2 aromatic heterocycles. The first-order chi connectivity index (χ1) is 16.1. The number of thioether (sulfide) groups is 1. The molecule has 0 fully saturated rings. The van der Waals surface area contributed by atoms with Gasteiger partial charge in [0.2, 0.25) is 6.41 Å². The molecule has 9 nitrogen and oxygen atoms in total. The number of hydrogen-bond donors (Lipinski definition) is 2. The molecule has 0 aliphatic carbocycles. The third kappa shape index (κ3) is 5.23. The molecule has 4 aromatic rings. The number of carbonyl (C=O) groups is 1. The van der Waals surface area contributed by atoms with Gasteiger partial charge in [-0.3, -0.25) is 10.0 Å². The van der Waals surface area contributed by atoms with Gasteiger partial charge >= 0.3 is 0 Å². The molecule has 0 aliphatic heterocycles. The van der Waals surface area contributed by atoms with Gasteiger partial charge in [0.15, 0.2) is 0 Å². The smallest absolute Gasteiger partial charge is 0.234 e. The van der Waals surface area contributed by atoms with Gasteiger partial charge < -0.3 is 9.67 Å². The Bertz CT molecular complexity index is 1310. The first-order valence-electron chi connectivity index (χ1n) is 10.1. The lowest BCUT2D eigenvalue weighted by Crippen LogP contribution is -2.32. The number of aliphatic hydroxyl groups excluding tert-OH is 1. The van der Waals surface area contributed by atoms with Crippen LogP contribution in [0.2, 0.25) is 0 Å². The summed E-state index contributed by atoms with van der Waals surface area (Å²) in [5.41, 5.74) is 4.27. The largest absolute Gasteiger partial charge is 0.388 e. The molecule has 1 amide bonds. The van der Waals surface area contributed by atoms with Crippen molar-refractivity contribution in [3.8, 4) is 11.8 Å². The maximum Gasteiger partial charge on any atom is 0.234 e. The Balaban J connectivity index is 1.46. The molecule has 2 N–H and O–H groups in total. The minimum atomic E-state index is -0.459. The van der Waals surface area contributed by atoms with Crippen molar-refractivity contribution in [1.29, 1.82) is 0 Å². The number of benzene rings is 2. The van der Waals surface area contributed by atoms with Crippen molar-refractivity contribution in [3.05, 3.63) is 77.4 Å². The number of aromatic nitrogens is 5. The molecule has 2 aromatic carbocycles. The molecule has 0 spiro atoms. The highest BCUT2D eigenvalue weighted by Crippen LogP contribution is 2.17. The standard InChI is InChI=1S/C23H22N6O3S/c1-33-23(29(32)16-31)14-28-21-9-8-18(12-20(21)25-26-28)5-2-17-3-6-19(7-4-17)13-27-11-10-24-22(27)15-30/h3-4,6-12,16,23,30,32H,13-15H2,1H3/t23-/m1/s1. The van der Waals surface area contributed by atoms with E-state index in [0.29, 0.717) is 35.9 Å². The van der Waals surface area contributed by atoms with Crippen LogP contribution in [0.25, 0.3) is 11.0 Å². The van der Waals surface area contributed by atoms with Crippen molar-refractivity contribution in [2.24, 2.45) is 0 Å². The summed E-state index contributed by atoms with van der Waals surface area (Å²) in [6, 6.07) is 13.6. The lowest BCUT2D eigenvalue weighted by atomic mass is 10.1. The van der Waals surface area contributed by atoms with Crippen molar-refractivity contribution in [2.75, 3.05) is 6.26 Å². The normalized spacial score (nSPS) is 11.7. The van der Waals surface area contributed by atoms with E-state index in [-0.39, 0.29) is 6.61 Å². The number of hydrogen-bond acceptors (Lipinski definition) is 7. The van der Waals surface area contributed by atoms with Crippen LogP contribution in [0.4, 0.5) is 0 Å². The van der Waals surface area contributed by atoms with Crippen LogP contribution in [0.3, 0.4) is 0 Å². The molecule has 0 bridgehead atoms. The Morgan fingerprint density at radius 3 is 2.67 bits per heavy atom. The molecule has 0 saturated carbocycles. The summed E-state index contributed by atoms with van der Waals surface area (Å²) in [5.74, 6) is 6.94. The van der Waals surface area contributed by atoms with E-state index in [9.17, 15) is 15.1 Å². The lowest BCUT2D eigenvalue weighted by Gasteiger charge is -2.20. The van der Waals surface area contributed by atoms with Crippen LogP contribution in [0.15, 0.2) is 54.9 Å². The van der Waals surface area contributed by atoms with Crippen LogP contribution < -0.4 is 0 Å². The fourth-order valence-electron chi connectivity index (χ4n) is 3.34. The fourth-order valence-corrected chi connectivity index (χ4v) is 3.89. The monoisotopic (exact) mass is 462 g/mol. The van der Waals surface area contributed by atoms with E-state index in [1.807, 2.05) is 53.2 Å². The molecule has 168 valence electrons. The highest BCUT2D eigenvalue weighted by Gasteiger charge is 2.17. The molecular formula is C23H22N6O3S. The average Bonchev–Trinajstić information content (AvgIpc) is 3.47. The van der Waals surface area contributed by atoms with Crippen LogP contribution in [-0.2, 0) is 24.5 Å². The van der Waals surface area contributed by atoms with E-state index < -0.39 is 5.37 Å². The van der Waals surface area contributed by atoms with Crippen LogP contribution in [0, 0.1) is 11.8 Å². The van der Waals surface area contributed by atoms with E-state index in [1.54, 1.807) is 17.1 Å². The van der Waals surface area contributed by atoms with E-state index in [4.69, 9.17) is 0 Å². The second kappa shape index (κ2) is 10.3. The molecule has 2 heterocycles. The molecular weight excluding hydrogens is 440 g/mol. The van der Waals surface area contributed by atoms with Crippen LogP contribution in [-0.4, -0.2) is 58.0 Å². The van der Waals surface area contributed by atoms with Crippen molar-refractivity contribution < 1.29 is 15.1 Å². The summed E-state index contributed by atoms with van der Waals surface area (Å²) >= 11 is 1.34. The van der Waals surface area contributed by atoms with Gasteiger partial charge in [-0.25, -0.2) is 14.7 Å². The Hall–Kier alpha value is -3.65. The maximum atomic E-state index is 10.8. The maximum absolute atomic E-state index is 10.8.